The molecule has 6 heteroatoms. The molecule has 2 heterocycles. The molecule has 1 aromatic carbocycles. The zero-order valence-corrected chi connectivity index (χ0v) is 16.7. The second kappa shape index (κ2) is 7.62. The second-order valence-corrected chi connectivity index (χ2v) is 7.54. The molecule has 2 atom stereocenters. The number of carbonyl (C=O) groups is 1. The molecule has 1 aliphatic rings. The number of amides is 1. The van der Waals surface area contributed by atoms with Crippen LogP contribution in [0, 0.1) is 11.8 Å². The molecular weight excluding hydrogens is 344 g/mol. The van der Waals surface area contributed by atoms with E-state index in [-0.39, 0.29) is 11.5 Å². The van der Waals surface area contributed by atoms with Crippen LogP contribution in [-0.2, 0) is 6.54 Å². The van der Waals surface area contributed by atoms with Crippen molar-refractivity contribution in [2.75, 3.05) is 27.3 Å². The van der Waals surface area contributed by atoms with Gasteiger partial charge in [0.2, 0.25) is 0 Å². The third-order valence-corrected chi connectivity index (χ3v) is 5.32. The van der Waals surface area contributed by atoms with Gasteiger partial charge in [0.15, 0.2) is 11.5 Å². The van der Waals surface area contributed by atoms with E-state index >= 15 is 0 Å². The normalized spacial score (nSPS) is 20.0. The van der Waals surface area contributed by atoms with Gasteiger partial charge < -0.3 is 18.9 Å². The molecule has 27 heavy (non-hydrogen) atoms. The van der Waals surface area contributed by atoms with Gasteiger partial charge in [-0.05, 0) is 37.3 Å². The number of aromatic nitrogens is 1. The zero-order valence-electron chi connectivity index (χ0n) is 16.7. The molecular formula is C21H28N2O4. The summed E-state index contributed by atoms with van der Waals surface area (Å²) in [6.07, 6.45) is 2.81. The van der Waals surface area contributed by atoms with Crippen LogP contribution in [0.3, 0.4) is 0 Å². The lowest BCUT2D eigenvalue weighted by Gasteiger charge is -2.35. The fourth-order valence-corrected chi connectivity index (χ4v) is 4.12. The van der Waals surface area contributed by atoms with E-state index in [4.69, 9.17) is 9.47 Å². The van der Waals surface area contributed by atoms with Crippen LogP contribution < -0.4 is 15.0 Å². The van der Waals surface area contributed by atoms with Gasteiger partial charge in [-0.2, -0.15) is 0 Å². The predicted molar refractivity (Wildman–Crippen MR) is 106 cm³/mol. The molecule has 0 unspecified atom stereocenters. The lowest BCUT2D eigenvalue weighted by Crippen LogP contribution is -2.43. The van der Waals surface area contributed by atoms with E-state index in [1.54, 1.807) is 30.0 Å². The summed E-state index contributed by atoms with van der Waals surface area (Å²) in [7, 11) is 3.08. The van der Waals surface area contributed by atoms with Gasteiger partial charge in [-0.25, -0.2) is 0 Å². The Morgan fingerprint density at radius 2 is 1.63 bits per heavy atom. The van der Waals surface area contributed by atoms with Crippen molar-refractivity contribution in [3.8, 4) is 11.5 Å². The van der Waals surface area contributed by atoms with E-state index in [0.717, 1.165) is 19.5 Å². The summed E-state index contributed by atoms with van der Waals surface area (Å²) in [6.45, 7) is 8.22. The van der Waals surface area contributed by atoms with Crippen molar-refractivity contribution in [2.24, 2.45) is 11.8 Å². The van der Waals surface area contributed by atoms with E-state index in [1.807, 2.05) is 11.8 Å². The average Bonchev–Trinajstić information content (AvgIpc) is 2.66. The van der Waals surface area contributed by atoms with Crippen molar-refractivity contribution in [1.29, 1.82) is 0 Å². The molecule has 3 rings (SSSR count). The molecule has 2 aromatic rings. The molecule has 0 N–H and O–H groups in total. The smallest absolute Gasteiger partial charge is 0.258 e. The number of nitrogens with zero attached hydrogens (tertiary/aromatic N) is 2. The molecule has 1 amide bonds. The highest BCUT2D eigenvalue weighted by Crippen LogP contribution is 2.33. The molecule has 1 aliphatic heterocycles. The maximum Gasteiger partial charge on any atom is 0.258 e. The standard InChI is InChI=1S/C21H28N2O4/c1-6-22-12-17(21(25)23-10-13(2)7-14(3)11-23)15-8-18(26-4)19(27-5)9-16(15)20(22)24/h8-9,12-14H,6-7,10-11H2,1-5H3/t13-,14-/m1/s1. The van der Waals surface area contributed by atoms with Crippen LogP contribution in [0.25, 0.3) is 10.8 Å². The van der Waals surface area contributed by atoms with Gasteiger partial charge >= 0.3 is 0 Å². The summed E-state index contributed by atoms with van der Waals surface area (Å²) in [6, 6.07) is 3.40. The Labute approximate surface area is 159 Å². The van der Waals surface area contributed by atoms with E-state index < -0.39 is 0 Å². The van der Waals surface area contributed by atoms with Crippen LogP contribution in [0.5, 0.6) is 11.5 Å². The van der Waals surface area contributed by atoms with Crippen LogP contribution in [0.2, 0.25) is 0 Å². The Morgan fingerprint density at radius 1 is 1.07 bits per heavy atom. The third-order valence-electron chi connectivity index (χ3n) is 5.32. The first-order chi connectivity index (χ1) is 12.9. The zero-order chi connectivity index (χ0) is 19.7. The van der Waals surface area contributed by atoms with E-state index in [0.29, 0.717) is 46.2 Å². The number of methoxy groups -OCH3 is 2. The first-order valence-corrected chi connectivity index (χ1v) is 9.48. The molecule has 0 spiro atoms. The molecule has 6 nitrogen and oxygen atoms in total. The molecule has 1 aromatic heterocycles. The minimum atomic E-state index is -0.134. The number of ether oxygens (including phenoxy) is 2. The maximum atomic E-state index is 13.4. The van der Waals surface area contributed by atoms with Gasteiger partial charge in [-0.1, -0.05) is 13.8 Å². The maximum absolute atomic E-state index is 13.4. The number of carbonyl (C=O) groups excluding carboxylic acids is 1. The number of fused-ring (bicyclic) bond motifs is 1. The first kappa shape index (κ1) is 19.3. The van der Waals surface area contributed by atoms with E-state index in [1.165, 1.54) is 7.11 Å². The van der Waals surface area contributed by atoms with Gasteiger partial charge in [-0.15, -0.1) is 0 Å². The Balaban J connectivity index is 2.20. The van der Waals surface area contributed by atoms with Crippen molar-refractivity contribution in [3.05, 3.63) is 34.2 Å². The van der Waals surface area contributed by atoms with Gasteiger partial charge in [0, 0.05) is 31.2 Å². The number of pyridine rings is 1. The van der Waals surface area contributed by atoms with Crippen molar-refractivity contribution in [1.82, 2.24) is 9.47 Å². The summed E-state index contributed by atoms with van der Waals surface area (Å²) in [4.78, 5) is 28.1. The van der Waals surface area contributed by atoms with Crippen LogP contribution in [-0.4, -0.2) is 42.7 Å². The number of piperidine rings is 1. The Bertz CT molecular complexity index is 909. The van der Waals surface area contributed by atoms with Crippen molar-refractivity contribution < 1.29 is 14.3 Å². The summed E-state index contributed by atoms with van der Waals surface area (Å²) < 4.78 is 12.3. The fourth-order valence-electron chi connectivity index (χ4n) is 4.12. The second-order valence-electron chi connectivity index (χ2n) is 7.54. The highest BCUT2D eigenvalue weighted by molar-refractivity contribution is 6.07. The van der Waals surface area contributed by atoms with Gasteiger partial charge in [0.1, 0.15) is 0 Å². The Hall–Kier alpha value is -2.50. The van der Waals surface area contributed by atoms with Crippen LogP contribution in [0.15, 0.2) is 23.1 Å². The number of hydrogen-bond donors (Lipinski definition) is 0. The minimum Gasteiger partial charge on any atom is -0.493 e. The van der Waals surface area contributed by atoms with Gasteiger partial charge in [-0.3, -0.25) is 9.59 Å². The summed E-state index contributed by atoms with van der Waals surface area (Å²) in [5, 5.41) is 1.08. The molecule has 0 bridgehead atoms. The highest BCUT2D eigenvalue weighted by atomic mass is 16.5. The molecule has 0 radical (unpaired) electrons. The van der Waals surface area contributed by atoms with Crippen molar-refractivity contribution in [2.45, 2.75) is 33.7 Å². The molecule has 1 saturated heterocycles. The van der Waals surface area contributed by atoms with Crippen LogP contribution in [0.4, 0.5) is 0 Å². The van der Waals surface area contributed by atoms with Gasteiger partial charge in [0.05, 0.1) is 25.2 Å². The molecule has 0 saturated carbocycles. The molecule has 0 aliphatic carbocycles. The van der Waals surface area contributed by atoms with Gasteiger partial charge in [0.25, 0.3) is 11.5 Å². The predicted octanol–water partition coefficient (Wildman–Crippen LogP) is 3.16. The monoisotopic (exact) mass is 372 g/mol. The molecule has 146 valence electrons. The van der Waals surface area contributed by atoms with Crippen molar-refractivity contribution >= 4 is 16.7 Å². The molecule has 1 fully saturated rings. The summed E-state index contributed by atoms with van der Waals surface area (Å²) in [5.41, 5.74) is 0.402. The topological polar surface area (TPSA) is 60.8 Å². The number of rotatable bonds is 4. The average molecular weight is 372 g/mol. The lowest BCUT2D eigenvalue weighted by molar-refractivity contribution is 0.0624. The number of likely N-dealkylation sites (tertiary alicyclic amines) is 1. The summed E-state index contributed by atoms with van der Waals surface area (Å²) in [5.74, 6) is 1.89. The Morgan fingerprint density at radius 3 is 2.15 bits per heavy atom. The van der Waals surface area contributed by atoms with E-state index in [2.05, 4.69) is 13.8 Å². The number of benzene rings is 1. The third kappa shape index (κ3) is 3.53. The highest BCUT2D eigenvalue weighted by Gasteiger charge is 2.28. The van der Waals surface area contributed by atoms with E-state index in [9.17, 15) is 9.59 Å². The fraction of sp³-hybridized carbons (Fsp3) is 0.524. The minimum absolute atomic E-state index is 0.0344. The largest absolute Gasteiger partial charge is 0.493 e. The number of aryl methyl sites for hydroxylation is 1. The number of hydrogen-bond acceptors (Lipinski definition) is 4. The lowest BCUT2D eigenvalue weighted by atomic mass is 9.91. The van der Waals surface area contributed by atoms with Crippen molar-refractivity contribution in [3.63, 3.8) is 0 Å². The van der Waals surface area contributed by atoms with Crippen LogP contribution in [0.1, 0.15) is 37.6 Å². The van der Waals surface area contributed by atoms with Crippen LogP contribution >= 0.6 is 0 Å². The summed E-state index contributed by atoms with van der Waals surface area (Å²) >= 11 is 0. The Kier molecular flexibility index (Phi) is 5.44. The quantitative estimate of drug-likeness (QED) is 0.827. The first-order valence-electron chi connectivity index (χ1n) is 9.48. The SMILES string of the molecule is CCn1cc(C(=O)N2C[C@H](C)C[C@@H](C)C2)c2cc(OC)c(OC)cc2c1=O.